The number of nitrogens with one attached hydrogen (secondary N) is 1. The summed E-state index contributed by atoms with van der Waals surface area (Å²) in [4.78, 5) is 31.3. The van der Waals surface area contributed by atoms with Gasteiger partial charge in [-0.1, -0.05) is 48.6 Å². The average molecular weight is 641 g/mol. The Morgan fingerprint density at radius 3 is 2.87 bits per heavy atom. The van der Waals surface area contributed by atoms with Crippen LogP contribution in [0.1, 0.15) is 51.0 Å². The first-order valence-electron chi connectivity index (χ1n) is 16.6. The van der Waals surface area contributed by atoms with Crippen molar-refractivity contribution in [3.8, 4) is 17.3 Å². The molecule has 3 fully saturated rings. The fraction of sp³-hybridized carbons (Fsp3) is 0.444. The third kappa shape index (κ3) is 5.44. The van der Waals surface area contributed by atoms with Crippen LogP contribution in [0.2, 0.25) is 0 Å². The number of aromatic nitrogens is 3. The number of carbonyl (C=O) groups excluding carboxylic acids is 1. The number of rotatable bonds is 3. The fourth-order valence-electron chi connectivity index (χ4n) is 8.10. The van der Waals surface area contributed by atoms with Gasteiger partial charge in [0.05, 0.1) is 23.1 Å². The third-order valence-electron chi connectivity index (χ3n) is 10.3. The number of ether oxygens (including phenoxy) is 2. The molecule has 6 bridgehead atoms. The van der Waals surface area contributed by atoms with E-state index in [1.807, 2.05) is 60.4 Å². The van der Waals surface area contributed by atoms with E-state index < -0.39 is 29.2 Å². The molecule has 1 amide bonds. The predicted octanol–water partition coefficient (Wildman–Crippen LogP) is 6.44. The second kappa shape index (κ2) is 11.7. The number of hydrogen-bond acceptors (Lipinski definition) is 8. The van der Waals surface area contributed by atoms with Crippen molar-refractivity contribution in [2.75, 3.05) is 44.3 Å². The Balaban J connectivity index is 1.29. The molecule has 3 saturated heterocycles. The average Bonchev–Trinajstić information content (AvgIpc) is 3.58. The number of anilines is 1. The van der Waals surface area contributed by atoms with Crippen LogP contribution in [0.25, 0.3) is 39.0 Å². The zero-order valence-electron chi connectivity index (χ0n) is 26.5. The largest absolute Gasteiger partial charge is 0.461 e. The normalized spacial score (nSPS) is 27.0. The van der Waals surface area contributed by atoms with Gasteiger partial charge in [-0.3, -0.25) is 9.88 Å². The highest BCUT2D eigenvalue weighted by molar-refractivity contribution is 6.03. The summed E-state index contributed by atoms with van der Waals surface area (Å²) in [5.74, 6) is -0.0718. The van der Waals surface area contributed by atoms with Crippen molar-refractivity contribution in [2.24, 2.45) is 0 Å². The standard InChI is InChI=1S/C36H38F2N6O3/c1-35-13-6-15-43(21-35)32-27-19-39-30(26-12-5-11-24-10-4-9-23(28(24)26)8-2-3-17-46-34(45)42-35)29(38)31(27)40-33(41-32)47-22-36-14-7-16-44(36)20-25(37)18-36/h2,4-5,8-12,19,25H,3,6-7,13-18,20-22H2,1H3,(H,42,45)/b8-2+/t25-,35?,36+/m1/s1. The fourth-order valence-corrected chi connectivity index (χ4v) is 8.10. The number of hydrogen-bond donors (Lipinski definition) is 1. The molecule has 0 aliphatic carbocycles. The van der Waals surface area contributed by atoms with E-state index in [1.54, 1.807) is 6.20 Å². The van der Waals surface area contributed by atoms with Crippen LogP contribution in [-0.4, -0.2) is 82.6 Å². The van der Waals surface area contributed by atoms with E-state index in [0.717, 1.165) is 48.6 Å². The molecular formula is C36H38F2N6O3. The molecule has 11 heteroatoms. The van der Waals surface area contributed by atoms with Gasteiger partial charge in [0.15, 0.2) is 5.82 Å². The van der Waals surface area contributed by atoms with E-state index in [-0.39, 0.29) is 30.4 Å². The van der Waals surface area contributed by atoms with Gasteiger partial charge in [-0.25, -0.2) is 13.6 Å². The Labute approximate surface area is 272 Å². The molecule has 3 atom stereocenters. The highest BCUT2D eigenvalue weighted by Gasteiger charge is 2.49. The van der Waals surface area contributed by atoms with E-state index in [2.05, 4.69) is 15.2 Å². The highest BCUT2D eigenvalue weighted by Crippen LogP contribution is 2.41. The van der Waals surface area contributed by atoms with Crippen LogP contribution >= 0.6 is 0 Å². The molecule has 0 radical (unpaired) electrons. The van der Waals surface area contributed by atoms with Gasteiger partial charge >= 0.3 is 12.1 Å². The number of alkyl halides is 1. The number of alkyl carbamates (subject to hydrolysis) is 1. The van der Waals surface area contributed by atoms with Crippen molar-refractivity contribution >= 4 is 39.7 Å². The van der Waals surface area contributed by atoms with Gasteiger partial charge in [0, 0.05) is 37.8 Å². The first kappa shape index (κ1) is 30.0. The van der Waals surface area contributed by atoms with Crippen molar-refractivity contribution < 1.29 is 23.0 Å². The summed E-state index contributed by atoms with van der Waals surface area (Å²) in [6.45, 7) is 4.73. The molecule has 5 aliphatic rings. The Morgan fingerprint density at radius 2 is 1.98 bits per heavy atom. The van der Waals surface area contributed by atoms with E-state index in [9.17, 15) is 9.18 Å². The zero-order chi connectivity index (χ0) is 32.2. The minimum absolute atomic E-state index is 0.0441. The van der Waals surface area contributed by atoms with E-state index in [4.69, 9.17) is 19.4 Å². The Bertz CT molecular complexity index is 1900. The lowest BCUT2D eigenvalue weighted by Gasteiger charge is -2.41. The summed E-state index contributed by atoms with van der Waals surface area (Å²) in [5.41, 5.74) is 0.818. The third-order valence-corrected chi connectivity index (χ3v) is 10.3. The molecule has 244 valence electrons. The van der Waals surface area contributed by atoms with Gasteiger partial charge in [-0.15, -0.1) is 0 Å². The minimum Gasteiger partial charge on any atom is -0.461 e. The quantitative estimate of drug-likeness (QED) is 0.274. The van der Waals surface area contributed by atoms with Crippen LogP contribution in [0.5, 0.6) is 6.01 Å². The lowest BCUT2D eigenvalue weighted by atomic mass is 9.91. The molecule has 4 aromatic rings. The van der Waals surface area contributed by atoms with Gasteiger partial charge in [-0.05, 0) is 61.9 Å². The monoisotopic (exact) mass is 640 g/mol. The van der Waals surface area contributed by atoms with Gasteiger partial charge in [0.25, 0.3) is 0 Å². The van der Waals surface area contributed by atoms with Gasteiger partial charge < -0.3 is 19.7 Å². The van der Waals surface area contributed by atoms with Crippen LogP contribution < -0.4 is 15.0 Å². The molecule has 2 aromatic carbocycles. The Morgan fingerprint density at radius 1 is 1.13 bits per heavy atom. The molecule has 2 aromatic heterocycles. The molecule has 1 unspecified atom stereocenters. The minimum atomic E-state index is -0.899. The number of benzene rings is 2. The maximum atomic E-state index is 17.0. The van der Waals surface area contributed by atoms with Crippen LogP contribution in [-0.2, 0) is 4.74 Å². The van der Waals surface area contributed by atoms with Crippen LogP contribution in [0.3, 0.4) is 0 Å². The number of piperidine rings is 1. The molecule has 7 heterocycles. The smallest absolute Gasteiger partial charge is 0.407 e. The van der Waals surface area contributed by atoms with E-state index in [1.165, 1.54) is 0 Å². The zero-order valence-corrected chi connectivity index (χ0v) is 26.5. The molecule has 0 spiro atoms. The molecule has 5 aliphatic heterocycles. The summed E-state index contributed by atoms with van der Waals surface area (Å²) in [7, 11) is 0. The Kier molecular flexibility index (Phi) is 7.46. The van der Waals surface area contributed by atoms with Crippen molar-refractivity contribution in [1.29, 1.82) is 0 Å². The number of halogens is 2. The second-order valence-electron chi connectivity index (χ2n) is 13.7. The maximum absolute atomic E-state index is 17.0. The van der Waals surface area contributed by atoms with Gasteiger partial charge in [0.1, 0.15) is 29.8 Å². The summed E-state index contributed by atoms with van der Waals surface area (Å²) < 4.78 is 43.4. The Hall–Kier alpha value is -4.38. The van der Waals surface area contributed by atoms with Crippen molar-refractivity contribution in [2.45, 2.75) is 62.7 Å². The maximum Gasteiger partial charge on any atom is 0.407 e. The molecule has 9 rings (SSSR count). The summed E-state index contributed by atoms with van der Waals surface area (Å²) in [5, 5.41) is 5.33. The van der Waals surface area contributed by atoms with Crippen LogP contribution in [0.4, 0.5) is 19.4 Å². The molecule has 1 N–H and O–H groups in total. The topological polar surface area (TPSA) is 92.7 Å². The van der Waals surface area contributed by atoms with E-state index in [0.29, 0.717) is 49.2 Å². The number of pyridine rings is 1. The number of carbonyl (C=O) groups is 1. The van der Waals surface area contributed by atoms with Crippen molar-refractivity contribution in [3.63, 3.8) is 0 Å². The first-order chi connectivity index (χ1) is 22.8. The SMILES string of the molecule is CC12CCCN(C1)c1nc(OC[C@@]34CCCN3C[C@H](F)C4)nc3c(F)c(ncc13)-c1cccc3cccc(c13)/C=C/CCOC(=O)N2. The number of nitrogens with zero attached hydrogens (tertiary/aromatic N) is 5. The first-order valence-corrected chi connectivity index (χ1v) is 16.6. The van der Waals surface area contributed by atoms with E-state index >= 15 is 4.39 Å². The van der Waals surface area contributed by atoms with Crippen LogP contribution in [0, 0.1) is 5.82 Å². The van der Waals surface area contributed by atoms with Gasteiger partial charge in [-0.2, -0.15) is 9.97 Å². The van der Waals surface area contributed by atoms with Crippen molar-refractivity contribution in [1.82, 2.24) is 25.2 Å². The predicted molar refractivity (Wildman–Crippen MR) is 177 cm³/mol. The second-order valence-corrected chi connectivity index (χ2v) is 13.7. The number of fused-ring (bicyclic) bond motifs is 7. The summed E-state index contributed by atoms with van der Waals surface area (Å²) in [6, 6.07) is 11.7. The lowest BCUT2D eigenvalue weighted by molar-refractivity contribution is 0.107. The summed E-state index contributed by atoms with van der Waals surface area (Å²) >= 11 is 0. The number of amides is 1. The molecular weight excluding hydrogens is 602 g/mol. The molecule has 0 saturated carbocycles. The highest BCUT2D eigenvalue weighted by atomic mass is 19.1. The summed E-state index contributed by atoms with van der Waals surface area (Å²) in [6.07, 6.45) is 8.45. The van der Waals surface area contributed by atoms with Crippen molar-refractivity contribution in [3.05, 3.63) is 60.1 Å². The lowest BCUT2D eigenvalue weighted by Crippen LogP contribution is -2.57. The molecule has 47 heavy (non-hydrogen) atoms. The van der Waals surface area contributed by atoms with Gasteiger partial charge in [0.2, 0.25) is 0 Å². The molecule has 9 nitrogen and oxygen atoms in total. The van der Waals surface area contributed by atoms with Crippen LogP contribution in [0.15, 0.2) is 48.7 Å².